The lowest BCUT2D eigenvalue weighted by atomic mass is 10.0. The molecule has 1 aromatic rings. The van der Waals surface area contributed by atoms with Crippen molar-refractivity contribution in [3.8, 4) is 12.3 Å². The Morgan fingerprint density at radius 3 is 2.72 bits per heavy atom. The van der Waals surface area contributed by atoms with E-state index in [1.165, 1.54) is 0 Å². The van der Waals surface area contributed by atoms with Crippen LogP contribution in [0.1, 0.15) is 31.0 Å². The smallest absolute Gasteiger partial charge is 0.126 e. The number of nitrogens with zero attached hydrogens (tertiary/aromatic N) is 1. The van der Waals surface area contributed by atoms with Gasteiger partial charge in [0.25, 0.3) is 0 Å². The maximum absolute atomic E-state index is 13.7. The normalized spacial score (nSPS) is 12.0. The van der Waals surface area contributed by atoms with Gasteiger partial charge in [-0.15, -0.1) is 6.42 Å². The lowest BCUT2D eigenvalue weighted by Crippen LogP contribution is -2.24. The second-order valence-electron chi connectivity index (χ2n) is 4.50. The van der Waals surface area contributed by atoms with Crippen LogP contribution in [-0.2, 0) is 0 Å². The number of halogens is 1. The van der Waals surface area contributed by atoms with E-state index in [1.807, 2.05) is 31.9 Å². The van der Waals surface area contributed by atoms with E-state index < -0.39 is 0 Å². The summed E-state index contributed by atoms with van der Waals surface area (Å²) in [7, 11) is 1.93. The van der Waals surface area contributed by atoms with Gasteiger partial charge in [-0.05, 0) is 43.7 Å². The zero-order chi connectivity index (χ0) is 13.7. The third kappa shape index (κ3) is 3.24. The van der Waals surface area contributed by atoms with Crippen LogP contribution in [0.25, 0.3) is 0 Å². The molecule has 0 aromatic heterocycles. The monoisotopic (exact) mass is 248 g/mol. The van der Waals surface area contributed by atoms with Crippen molar-refractivity contribution in [1.29, 1.82) is 0 Å². The maximum Gasteiger partial charge on any atom is 0.126 e. The molecule has 0 aliphatic carbocycles. The lowest BCUT2D eigenvalue weighted by molar-refractivity contribution is 0.579. The largest absolute Gasteiger partial charge is 0.363 e. The number of nitrogens with one attached hydrogen (secondary N) is 1. The van der Waals surface area contributed by atoms with Gasteiger partial charge in [0.15, 0.2) is 0 Å². The molecule has 0 bridgehead atoms. The highest BCUT2D eigenvalue weighted by Gasteiger charge is 2.15. The third-order valence-corrected chi connectivity index (χ3v) is 3.02. The van der Waals surface area contributed by atoms with E-state index in [4.69, 9.17) is 6.42 Å². The number of benzene rings is 1. The van der Waals surface area contributed by atoms with Gasteiger partial charge in [-0.3, -0.25) is 0 Å². The molecule has 0 radical (unpaired) electrons. The molecule has 1 aromatic carbocycles. The van der Waals surface area contributed by atoms with Crippen molar-refractivity contribution < 1.29 is 4.39 Å². The first kappa shape index (κ1) is 14.5. The molecule has 0 saturated carbocycles. The van der Waals surface area contributed by atoms with E-state index >= 15 is 0 Å². The van der Waals surface area contributed by atoms with E-state index in [1.54, 1.807) is 13.0 Å². The highest BCUT2D eigenvalue weighted by atomic mass is 19.1. The van der Waals surface area contributed by atoms with Crippen LogP contribution in [0.4, 0.5) is 10.1 Å². The predicted molar refractivity (Wildman–Crippen MR) is 75.3 cm³/mol. The summed E-state index contributed by atoms with van der Waals surface area (Å²) in [6, 6.07) is 3.56. The highest BCUT2D eigenvalue weighted by molar-refractivity contribution is 5.57. The summed E-state index contributed by atoms with van der Waals surface area (Å²) >= 11 is 0. The van der Waals surface area contributed by atoms with Gasteiger partial charge in [0.1, 0.15) is 5.82 Å². The Kier molecular flexibility index (Phi) is 5.18. The highest BCUT2D eigenvalue weighted by Crippen LogP contribution is 2.28. The van der Waals surface area contributed by atoms with Gasteiger partial charge in [0.05, 0.1) is 6.54 Å². The average molecular weight is 248 g/mol. The fraction of sp³-hybridized carbons (Fsp3) is 0.467. The van der Waals surface area contributed by atoms with Crippen molar-refractivity contribution >= 4 is 5.69 Å². The Morgan fingerprint density at radius 1 is 1.50 bits per heavy atom. The zero-order valence-electron chi connectivity index (χ0n) is 11.5. The Hall–Kier alpha value is -1.53. The number of hydrogen-bond acceptors (Lipinski definition) is 2. The maximum atomic E-state index is 13.7. The molecule has 0 spiro atoms. The van der Waals surface area contributed by atoms with Crippen LogP contribution in [-0.4, -0.2) is 20.1 Å². The summed E-state index contributed by atoms with van der Waals surface area (Å²) in [6.07, 6.45) is 5.34. The van der Waals surface area contributed by atoms with Crippen LogP contribution in [0.5, 0.6) is 0 Å². The fourth-order valence-electron chi connectivity index (χ4n) is 2.00. The molecule has 98 valence electrons. The summed E-state index contributed by atoms with van der Waals surface area (Å²) < 4.78 is 13.7. The zero-order valence-corrected chi connectivity index (χ0v) is 11.5. The molecule has 0 aliphatic heterocycles. The number of hydrogen-bond donors (Lipinski definition) is 1. The number of aryl methyl sites for hydroxylation is 1. The van der Waals surface area contributed by atoms with Crippen LogP contribution >= 0.6 is 0 Å². The minimum atomic E-state index is -0.174. The van der Waals surface area contributed by atoms with Gasteiger partial charge in [-0.1, -0.05) is 12.8 Å². The van der Waals surface area contributed by atoms with Gasteiger partial charge in [-0.2, -0.15) is 0 Å². The minimum Gasteiger partial charge on any atom is -0.363 e. The van der Waals surface area contributed by atoms with Crippen LogP contribution in [0.15, 0.2) is 12.1 Å². The van der Waals surface area contributed by atoms with Crippen LogP contribution in [0, 0.1) is 25.1 Å². The number of rotatable bonds is 5. The quantitative estimate of drug-likeness (QED) is 0.806. The molecule has 2 nitrogen and oxygen atoms in total. The summed E-state index contributed by atoms with van der Waals surface area (Å²) in [5, 5.41) is 3.30. The summed E-state index contributed by atoms with van der Waals surface area (Å²) in [6.45, 7) is 7.18. The van der Waals surface area contributed by atoms with Gasteiger partial charge in [0, 0.05) is 18.8 Å². The molecular formula is C15H21FN2. The van der Waals surface area contributed by atoms with Gasteiger partial charge in [0.2, 0.25) is 0 Å². The number of anilines is 1. The molecule has 1 N–H and O–H groups in total. The first-order chi connectivity index (χ1) is 8.51. The average Bonchev–Trinajstić information content (AvgIpc) is 2.32. The topological polar surface area (TPSA) is 15.3 Å². The molecule has 0 aliphatic rings. The molecule has 1 rings (SSSR count). The molecule has 0 amide bonds. The number of terminal acetylenes is 1. The van der Waals surface area contributed by atoms with Gasteiger partial charge >= 0.3 is 0 Å². The second-order valence-corrected chi connectivity index (χ2v) is 4.50. The Labute approximate surface area is 109 Å². The van der Waals surface area contributed by atoms with Crippen LogP contribution < -0.4 is 10.2 Å². The first-order valence-electron chi connectivity index (χ1n) is 6.19. The summed E-state index contributed by atoms with van der Waals surface area (Å²) in [5.74, 6) is 2.44. The first-order valence-corrected chi connectivity index (χ1v) is 6.19. The van der Waals surface area contributed by atoms with Crippen molar-refractivity contribution in [2.45, 2.75) is 26.8 Å². The molecule has 18 heavy (non-hydrogen) atoms. The molecule has 1 atom stereocenters. The van der Waals surface area contributed by atoms with E-state index in [2.05, 4.69) is 11.2 Å². The van der Waals surface area contributed by atoms with Crippen molar-refractivity contribution in [2.24, 2.45) is 0 Å². The fourth-order valence-corrected chi connectivity index (χ4v) is 2.00. The lowest BCUT2D eigenvalue weighted by Gasteiger charge is -2.24. The third-order valence-electron chi connectivity index (χ3n) is 3.02. The molecule has 0 heterocycles. The summed E-state index contributed by atoms with van der Waals surface area (Å²) in [5.41, 5.74) is 2.57. The molecule has 1 unspecified atom stereocenters. The second kappa shape index (κ2) is 6.42. The molecule has 3 heteroatoms. The van der Waals surface area contributed by atoms with Crippen molar-refractivity contribution in [3.63, 3.8) is 0 Å². The van der Waals surface area contributed by atoms with Crippen molar-refractivity contribution in [3.05, 3.63) is 29.1 Å². The predicted octanol–water partition coefficient (Wildman–Crippen LogP) is 2.87. The Morgan fingerprint density at radius 2 is 2.17 bits per heavy atom. The SMILES string of the molecule is C#CCN(C)c1cc(C)c(F)cc1C(C)NCC. The minimum absolute atomic E-state index is 0.0975. The van der Waals surface area contributed by atoms with Gasteiger partial charge in [-0.25, -0.2) is 4.39 Å². The van der Waals surface area contributed by atoms with Crippen LogP contribution in [0.2, 0.25) is 0 Å². The Balaban J connectivity index is 3.21. The standard InChI is InChI=1S/C15H21FN2/c1-6-8-18(5)15-9-11(3)14(16)10-13(15)12(4)17-7-2/h1,9-10,12,17H,7-8H2,2-5H3. The van der Waals surface area contributed by atoms with E-state index in [-0.39, 0.29) is 11.9 Å². The van der Waals surface area contributed by atoms with Crippen molar-refractivity contribution in [2.75, 3.05) is 25.0 Å². The Bertz CT molecular complexity index is 449. The van der Waals surface area contributed by atoms with E-state index in [0.717, 1.165) is 17.8 Å². The van der Waals surface area contributed by atoms with Gasteiger partial charge < -0.3 is 10.2 Å². The van der Waals surface area contributed by atoms with E-state index in [0.29, 0.717) is 12.1 Å². The van der Waals surface area contributed by atoms with Crippen LogP contribution in [0.3, 0.4) is 0 Å². The summed E-state index contributed by atoms with van der Waals surface area (Å²) in [4.78, 5) is 1.97. The molecular weight excluding hydrogens is 227 g/mol. The molecule has 0 fully saturated rings. The van der Waals surface area contributed by atoms with Crippen molar-refractivity contribution in [1.82, 2.24) is 5.32 Å². The molecule has 0 saturated heterocycles. The van der Waals surface area contributed by atoms with E-state index in [9.17, 15) is 4.39 Å².